The molecule has 3 unspecified atom stereocenters. The van der Waals surface area contributed by atoms with E-state index in [1.807, 2.05) is 29.8 Å². The average Bonchev–Trinajstić information content (AvgIpc) is 3.12. The number of hydrogen-bond donors (Lipinski definition) is 1. The summed E-state index contributed by atoms with van der Waals surface area (Å²) in [4.78, 5) is 34.5. The minimum Gasteiger partial charge on any atom is -0.543 e. The Morgan fingerprint density at radius 1 is 1.46 bits per heavy atom. The Bertz CT molecular complexity index is 927. The molecule has 4 heterocycles. The normalized spacial score (nSPS) is 24.8. The number of nitrogens with zero attached hydrogens (tertiary/aromatic N) is 4. The number of thioether (sulfide) groups is 1. The van der Waals surface area contributed by atoms with Gasteiger partial charge in [-0.3, -0.25) is 9.20 Å². The maximum atomic E-state index is 12.3. The second-order valence-electron chi connectivity index (χ2n) is 6.91. The largest absolute Gasteiger partial charge is 1.00 e. The van der Waals surface area contributed by atoms with Gasteiger partial charge in [0.1, 0.15) is 0 Å². The molecule has 2 aliphatic heterocycles. The van der Waals surface area contributed by atoms with Gasteiger partial charge in [0.15, 0.2) is 0 Å². The summed E-state index contributed by atoms with van der Waals surface area (Å²) < 4.78 is 1.84. The maximum Gasteiger partial charge on any atom is 1.00 e. The number of hydrogen-bond acceptors (Lipinski definition) is 7. The van der Waals surface area contributed by atoms with Crippen molar-refractivity contribution in [3.05, 3.63) is 41.0 Å². The van der Waals surface area contributed by atoms with Crippen molar-refractivity contribution in [3.8, 4) is 0 Å². The van der Waals surface area contributed by atoms with Crippen LogP contribution in [0, 0.1) is 11.8 Å². The number of imidazole rings is 1. The van der Waals surface area contributed by atoms with E-state index >= 15 is 0 Å². The van der Waals surface area contributed by atoms with Gasteiger partial charge in [-0.2, -0.15) is 0 Å². The quantitative estimate of drug-likeness (QED) is 0.395. The average molecular weight is 410 g/mol. The summed E-state index contributed by atoms with van der Waals surface area (Å²) in [6, 6.07) is 1.51. The summed E-state index contributed by atoms with van der Waals surface area (Å²) in [5.41, 5.74) is 0.819. The topological polar surface area (TPSA) is 111 Å². The number of carboxylic acids is 1. The number of aryl methyl sites for hydroxylation is 1. The summed E-state index contributed by atoms with van der Waals surface area (Å²) in [6.07, 6.45) is 5.28. The Balaban J connectivity index is 0.00000225. The van der Waals surface area contributed by atoms with Gasteiger partial charge in [0, 0.05) is 41.6 Å². The second kappa shape index (κ2) is 8.16. The van der Waals surface area contributed by atoms with Crippen LogP contribution in [0.3, 0.4) is 0 Å². The number of aliphatic carboxylic acids is 1. The zero-order valence-electron chi connectivity index (χ0n) is 15.9. The molecule has 2 aliphatic rings. The van der Waals surface area contributed by atoms with Crippen molar-refractivity contribution in [1.29, 1.82) is 0 Å². The molecule has 0 saturated carbocycles. The van der Waals surface area contributed by atoms with Gasteiger partial charge < -0.3 is 19.9 Å². The Kier molecular flexibility index (Phi) is 6.21. The summed E-state index contributed by atoms with van der Waals surface area (Å²) in [6.45, 7) is 3.46. The molecule has 2 aromatic rings. The van der Waals surface area contributed by atoms with Crippen LogP contribution < -0.4 is 34.7 Å². The summed E-state index contributed by atoms with van der Waals surface area (Å²) in [5.74, 6) is -1.16. The fourth-order valence-electron chi connectivity index (χ4n) is 3.97. The molecule has 142 valence electrons. The number of aliphatic hydroxyl groups excluding tert-OH is 1. The summed E-state index contributed by atoms with van der Waals surface area (Å²) >= 11 is 1.41. The van der Waals surface area contributed by atoms with Gasteiger partial charge in [-0.05, 0) is 13.0 Å². The molecule has 8 nitrogen and oxygen atoms in total. The van der Waals surface area contributed by atoms with E-state index in [0.717, 1.165) is 5.69 Å². The SMILES string of the molecule is CC(O)C1C(=O)N2C(C(=O)[O-])=C(SCCc3cn4cccnc4n3)[C@H](C)C12.[Na+]. The Labute approximate surface area is 188 Å². The van der Waals surface area contributed by atoms with Crippen LogP contribution in [0.1, 0.15) is 19.5 Å². The summed E-state index contributed by atoms with van der Waals surface area (Å²) in [7, 11) is 0. The first-order valence-electron chi connectivity index (χ1n) is 8.78. The molecule has 4 rings (SSSR count). The van der Waals surface area contributed by atoms with Crippen LogP contribution >= 0.6 is 11.8 Å². The molecule has 1 saturated heterocycles. The van der Waals surface area contributed by atoms with Gasteiger partial charge in [-0.25, -0.2) is 9.97 Å². The molecule has 1 amide bonds. The predicted octanol–water partition coefficient (Wildman–Crippen LogP) is -3.17. The van der Waals surface area contributed by atoms with E-state index in [-0.39, 0.29) is 53.1 Å². The maximum absolute atomic E-state index is 12.3. The van der Waals surface area contributed by atoms with Crippen LogP contribution in [-0.2, 0) is 16.0 Å². The van der Waals surface area contributed by atoms with Crippen molar-refractivity contribution in [1.82, 2.24) is 19.3 Å². The molecule has 28 heavy (non-hydrogen) atoms. The van der Waals surface area contributed by atoms with Gasteiger partial charge in [0.2, 0.25) is 11.7 Å². The van der Waals surface area contributed by atoms with E-state index in [4.69, 9.17) is 0 Å². The summed E-state index contributed by atoms with van der Waals surface area (Å²) in [5, 5.41) is 21.5. The van der Waals surface area contributed by atoms with Crippen molar-refractivity contribution in [3.63, 3.8) is 0 Å². The fourth-order valence-corrected chi connectivity index (χ4v) is 5.22. The molecule has 0 bridgehead atoms. The van der Waals surface area contributed by atoms with E-state index in [1.165, 1.54) is 16.7 Å². The molecule has 10 heteroatoms. The molecule has 1 N–H and O–H groups in total. The van der Waals surface area contributed by atoms with E-state index in [2.05, 4.69) is 9.97 Å². The first-order valence-corrected chi connectivity index (χ1v) is 9.76. The zero-order chi connectivity index (χ0) is 19.3. The third-order valence-electron chi connectivity index (χ3n) is 5.20. The number of rotatable bonds is 6. The first-order chi connectivity index (χ1) is 12.9. The molecule has 0 spiro atoms. The van der Waals surface area contributed by atoms with Gasteiger partial charge in [-0.1, -0.05) is 6.92 Å². The first kappa shape index (κ1) is 21.3. The molecule has 0 aromatic carbocycles. The van der Waals surface area contributed by atoms with Gasteiger partial charge in [0.05, 0.1) is 35.4 Å². The van der Waals surface area contributed by atoms with Gasteiger partial charge >= 0.3 is 29.6 Å². The van der Waals surface area contributed by atoms with Crippen LogP contribution in [0.15, 0.2) is 35.3 Å². The van der Waals surface area contributed by atoms with Crippen LogP contribution in [0.25, 0.3) is 5.78 Å². The van der Waals surface area contributed by atoms with Crippen LogP contribution in [0.2, 0.25) is 0 Å². The van der Waals surface area contributed by atoms with Crippen molar-refractivity contribution in [2.24, 2.45) is 11.8 Å². The molecular weight excluding hydrogens is 391 g/mol. The van der Waals surface area contributed by atoms with Gasteiger partial charge in [0.25, 0.3) is 0 Å². The van der Waals surface area contributed by atoms with E-state index in [9.17, 15) is 19.8 Å². The van der Waals surface area contributed by atoms with Gasteiger partial charge in [-0.15, -0.1) is 11.8 Å². The van der Waals surface area contributed by atoms with E-state index in [1.54, 1.807) is 13.1 Å². The molecule has 1 fully saturated rings. The van der Waals surface area contributed by atoms with Crippen LogP contribution in [-0.4, -0.2) is 54.2 Å². The minimum atomic E-state index is -1.35. The molecular formula is C18H19N4NaO4S. The predicted molar refractivity (Wildman–Crippen MR) is 96.2 cm³/mol. The number of aromatic nitrogens is 3. The number of fused-ring (bicyclic) bond motifs is 2. The minimum absolute atomic E-state index is 0. The van der Waals surface area contributed by atoms with Crippen molar-refractivity contribution in [2.75, 3.05) is 5.75 Å². The van der Waals surface area contributed by atoms with Crippen molar-refractivity contribution < 1.29 is 49.4 Å². The smallest absolute Gasteiger partial charge is 0.543 e. The third-order valence-corrected chi connectivity index (χ3v) is 6.49. The van der Waals surface area contributed by atoms with Crippen molar-refractivity contribution >= 4 is 29.4 Å². The molecule has 4 atom stereocenters. The number of amides is 1. The second-order valence-corrected chi connectivity index (χ2v) is 8.05. The monoisotopic (exact) mass is 410 g/mol. The Hall–Kier alpha value is -1.39. The standard InChI is InChI=1S/C18H20N4O4S.Na/c1-9-13-12(10(2)23)16(24)22(13)14(17(25)26)15(9)27-7-4-11-8-21-6-3-5-19-18(21)20-11;/h3,5-6,8-10,12-13,23H,4,7H2,1-2H3,(H,25,26);/q;+1/p-1/t9-,10?,12?,13?;/m1./s1. The van der Waals surface area contributed by atoms with E-state index in [0.29, 0.717) is 22.9 Å². The third kappa shape index (κ3) is 3.39. The van der Waals surface area contributed by atoms with E-state index < -0.39 is 18.0 Å². The zero-order valence-corrected chi connectivity index (χ0v) is 18.7. The molecule has 0 aliphatic carbocycles. The number of carbonyl (C=O) groups excluding carboxylic acids is 2. The molecule has 0 radical (unpaired) electrons. The molecule has 2 aromatic heterocycles. The van der Waals surface area contributed by atoms with Crippen LogP contribution in [0.4, 0.5) is 0 Å². The fraction of sp³-hybridized carbons (Fsp3) is 0.444. The van der Waals surface area contributed by atoms with Crippen LogP contribution in [0.5, 0.6) is 0 Å². The number of carbonyl (C=O) groups is 2. The number of β-lactam (4-membered cyclic amide) rings is 1. The van der Waals surface area contributed by atoms with Crippen molar-refractivity contribution in [2.45, 2.75) is 32.4 Å². The Morgan fingerprint density at radius 2 is 2.21 bits per heavy atom. The number of carboxylic acid groups (broad SMARTS) is 1. The number of aliphatic hydroxyl groups is 1. The Morgan fingerprint density at radius 3 is 2.86 bits per heavy atom.